The molecule has 1 aromatic heterocycles. The van der Waals surface area contributed by atoms with E-state index in [0.717, 1.165) is 4.57 Å². The van der Waals surface area contributed by atoms with Crippen molar-refractivity contribution in [2.45, 2.75) is 20.4 Å². The Bertz CT molecular complexity index is 1460. The van der Waals surface area contributed by atoms with Gasteiger partial charge in [0.25, 0.3) is 5.56 Å². The van der Waals surface area contributed by atoms with Crippen LogP contribution in [0.2, 0.25) is 5.02 Å². The number of nitriles is 1. The maximum atomic E-state index is 13.2. The highest BCUT2D eigenvalue weighted by atomic mass is 35.5. The lowest BCUT2D eigenvalue weighted by molar-refractivity contribution is 0.0979. The summed E-state index contributed by atoms with van der Waals surface area (Å²) >= 11 is 6.19. The summed E-state index contributed by atoms with van der Waals surface area (Å²) in [6.07, 6.45) is 0. The van der Waals surface area contributed by atoms with Gasteiger partial charge in [-0.2, -0.15) is 5.26 Å². The van der Waals surface area contributed by atoms with Gasteiger partial charge in [0, 0.05) is 23.2 Å². The molecule has 32 heavy (non-hydrogen) atoms. The third-order valence-corrected chi connectivity index (χ3v) is 5.66. The van der Waals surface area contributed by atoms with Crippen molar-refractivity contribution < 1.29 is 14.7 Å². The number of halogens is 1. The first-order valence-corrected chi connectivity index (χ1v) is 9.98. The van der Waals surface area contributed by atoms with Gasteiger partial charge in [0.15, 0.2) is 17.3 Å². The van der Waals surface area contributed by atoms with Crippen LogP contribution >= 0.6 is 11.6 Å². The number of ketones is 2. The van der Waals surface area contributed by atoms with E-state index in [4.69, 9.17) is 11.6 Å². The lowest BCUT2D eigenvalue weighted by Gasteiger charge is -2.19. The fourth-order valence-electron chi connectivity index (χ4n) is 3.72. The lowest BCUT2D eigenvalue weighted by Crippen LogP contribution is -2.23. The van der Waals surface area contributed by atoms with Crippen molar-refractivity contribution in [3.8, 4) is 11.9 Å². The van der Waals surface area contributed by atoms with Crippen LogP contribution in [0, 0.1) is 18.3 Å². The molecule has 158 valence electrons. The standard InChI is InChI=1S/C23H15ClN4O4/c1-3-28-22(31)14(10-25)11(2)19(23(28)32)27-26-16-9-5-7-13-18(16)21(30)17-12(20(13)29)6-4-8-15(17)24/h4-9,32H,3H2,1-2H3/b27-26+. The van der Waals surface area contributed by atoms with Crippen LogP contribution < -0.4 is 5.56 Å². The van der Waals surface area contributed by atoms with Gasteiger partial charge in [-0.25, -0.2) is 0 Å². The summed E-state index contributed by atoms with van der Waals surface area (Å²) in [4.78, 5) is 38.5. The molecule has 9 heteroatoms. The number of aromatic nitrogens is 1. The SMILES string of the molecule is CCn1c(O)c(/N=N/c2cccc3c2C(=O)c2c(Cl)cccc2C3=O)c(C)c(C#N)c1=O. The van der Waals surface area contributed by atoms with Gasteiger partial charge in [-0.3, -0.25) is 19.0 Å². The predicted octanol–water partition coefficient (Wildman–Crippen LogP) is 4.60. The number of aromatic hydroxyl groups is 1. The molecule has 1 aliphatic rings. The van der Waals surface area contributed by atoms with Crippen molar-refractivity contribution in [1.82, 2.24) is 4.57 Å². The van der Waals surface area contributed by atoms with Crippen molar-refractivity contribution in [1.29, 1.82) is 5.26 Å². The van der Waals surface area contributed by atoms with Crippen molar-refractivity contribution in [2.75, 3.05) is 0 Å². The van der Waals surface area contributed by atoms with Gasteiger partial charge >= 0.3 is 0 Å². The highest BCUT2D eigenvalue weighted by Crippen LogP contribution is 2.38. The van der Waals surface area contributed by atoms with E-state index in [9.17, 15) is 24.8 Å². The Kier molecular flexibility index (Phi) is 5.20. The summed E-state index contributed by atoms with van der Waals surface area (Å²) in [6, 6.07) is 11.1. The highest BCUT2D eigenvalue weighted by molar-refractivity contribution is 6.39. The maximum Gasteiger partial charge on any atom is 0.271 e. The average Bonchev–Trinajstić information content (AvgIpc) is 2.77. The van der Waals surface area contributed by atoms with Crippen LogP contribution in [0.5, 0.6) is 5.88 Å². The summed E-state index contributed by atoms with van der Waals surface area (Å²) < 4.78 is 1.01. The molecule has 1 N–H and O–H groups in total. The first-order valence-electron chi connectivity index (χ1n) is 9.60. The number of carbonyl (C=O) groups excluding carboxylic acids is 2. The van der Waals surface area contributed by atoms with Crippen molar-refractivity contribution in [3.63, 3.8) is 0 Å². The first-order chi connectivity index (χ1) is 15.3. The third-order valence-electron chi connectivity index (χ3n) is 5.34. The zero-order chi connectivity index (χ0) is 23.2. The van der Waals surface area contributed by atoms with Crippen LogP contribution in [0.4, 0.5) is 11.4 Å². The number of azo groups is 1. The molecular formula is C23H15ClN4O4. The Morgan fingerprint density at radius 1 is 1.03 bits per heavy atom. The Hall–Kier alpha value is -4.09. The molecule has 3 aromatic rings. The minimum Gasteiger partial charge on any atom is -0.493 e. The smallest absolute Gasteiger partial charge is 0.271 e. The molecule has 0 aliphatic heterocycles. The molecule has 0 amide bonds. The molecule has 4 rings (SSSR count). The summed E-state index contributed by atoms with van der Waals surface area (Å²) in [7, 11) is 0. The van der Waals surface area contributed by atoms with Crippen molar-refractivity contribution in [3.05, 3.63) is 85.2 Å². The Morgan fingerprint density at radius 2 is 1.69 bits per heavy atom. The number of fused-ring (bicyclic) bond motifs is 2. The molecule has 1 aliphatic carbocycles. The summed E-state index contributed by atoms with van der Waals surface area (Å²) in [5.74, 6) is -1.27. The van der Waals surface area contributed by atoms with E-state index in [-0.39, 0.29) is 62.1 Å². The average molecular weight is 447 g/mol. The van der Waals surface area contributed by atoms with Crippen LogP contribution in [-0.4, -0.2) is 21.2 Å². The molecule has 0 fully saturated rings. The second-order valence-corrected chi connectivity index (χ2v) is 7.46. The summed E-state index contributed by atoms with van der Waals surface area (Å²) in [6.45, 7) is 3.22. The second-order valence-electron chi connectivity index (χ2n) is 7.05. The van der Waals surface area contributed by atoms with E-state index in [1.165, 1.54) is 31.2 Å². The monoisotopic (exact) mass is 446 g/mol. The number of hydrogen-bond acceptors (Lipinski definition) is 7. The van der Waals surface area contributed by atoms with Gasteiger partial charge in [0.1, 0.15) is 11.6 Å². The predicted molar refractivity (Wildman–Crippen MR) is 116 cm³/mol. The van der Waals surface area contributed by atoms with Crippen LogP contribution in [0.15, 0.2) is 51.4 Å². The molecule has 0 bridgehead atoms. The van der Waals surface area contributed by atoms with Crippen molar-refractivity contribution >= 4 is 34.5 Å². The number of pyridine rings is 1. The van der Waals surface area contributed by atoms with Gasteiger partial charge in [-0.1, -0.05) is 35.9 Å². The fraction of sp³-hybridized carbons (Fsp3) is 0.130. The maximum absolute atomic E-state index is 13.2. The molecule has 0 saturated heterocycles. The number of nitrogens with zero attached hydrogens (tertiary/aromatic N) is 4. The molecule has 8 nitrogen and oxygen atoms in total. The molecule has 0 radical (unpaired) electrons. The van der Waals surface area contributed by atoms with Gasteiger partial charge in [-0.15, -0.1) is 10.2 Å². The van der Waals surface area contributed by atoms with Gasteiger partial charge in [0.2, 0.25) is 5.88 Å². The van der Waals surface area contributed by atoms with Crippen LogP contribution in [0.3, 0.4) is 0 Å². The highest BCUT2D eigenvalue weighted by Gasteiger charge is 2.33. The van der Waals surface area contributed by atoms with E-state index in [2.05, 4.69) is 10.2 Å². The normalized spacial score (nSPS) is 12.6. The summed E-state index contributed by atoms with van der Waals surface area (Å²) in [5.41, 5.74) is -0.100. The van der Waals surface area contributed by atoms with Gasteiger partial charge in [-0.05, 0) is 26.0 Å². The quantitative estimate of drug-likeness (QED) is 0.460. The molecule has 0 unspecified atom stereocenters. The summed E-state index contributed by atoms with van der Waals surface area (Å²) in [5, 5.41) is 28.2. The topological polar surface area (TPSA) is 125 Å². The first kappa shape index (κ1) is 21.2. The minimum absolute atomic E-state index is 0.0447. The zero-order valence-electron chi connectivity index (χ0n) is 17.0. The van der Waals surface area contributed by atoms with Crippen LogP contribution in [0.25, 0.3) is 0 Å². The lowest BCUT2D eigenvalue weighted by atomic mass is 9.83. The Labute approximate surface area is 187 Å². The number of rotatable bonds is 3. The third kappa shape index (κ3) is 3.02. The van der Waals surface area contributed by atoms with E-state index in [1.807, 2.05) is 6.07 Å². The fourth-order valence-corrected chi connectivity index (χ4v) is 3.98. The van der Waals surface area contributed by atoms with Gasteiger partial charge < -0.3 is 5.11 Å². The van der Waals surface area contributed by atoms with E-state index in [1.54, 1.807) is 19.1 Å². The molecule has 1 heterocycles. The molecule has 0 spiro atoms. The van der Waals surface area contributed by atoms with E-state index < -0.39 is 17.2 Å². The van der Waals surface area contributed by atoms with E-state index in [0.29, 0.717) is 0 Å². The molecule has 0 saturated carbocycles. The Balaban J connectivity index is 1.91. The second kappa shape index (κ2) is 7.87. The van der Waals surface area contributed by atoms with Crippen molar-refractivity contribution in [2.24, 2.45) is 10.2 Å². The van der Waals surface area contributed by atoms with Crippen LogP contribution in [0.1, 0.15) is 49.9 Å². The van der Waals surface area contributed by atoms with Crippen LogP contribution in [-0.2, 0) is 6.54 Å². The molecular weight excluding hydrogens is 432 g/mol. The number of hydrogen-bond donors (Lipinski definition) is 1. The Morgan fingerprint density at radius 3 is 2.34 bits per heavy atom. The number of carbonyl (C=O) groups is 2. The largest absolute Gasteiger partial charge is 0.493 e. The van der Waals surface area contributed by atoms with E-state index >= 15 is 0 Å². The zero-order valence-corrected chi connectivity index (χ0v) is 17.8. The van der Waals surface area contributed by atoms with Gasteiger partial charge in [0.05, 0.1) is 21.8 Å². The number of benzene rings is 2. The molecule has 2 aromatic carbocycles. The minimum atomic E-state index is -0.631. The molecule has 0 atom stereocenters.